The van der Waals surface area contributed by atoms with Crippen molar-refractivity contribution in [2.24, 2.45) is 0 Å². The SMILES string of the molecule is CCS[SH](I)(I)(I)I. The molecule has 8 heavy (non-hydrogen) atoms. The van der Waals surface area contributed by atoms with E-state index in [4.69, 9.17) is 0 Å². The minimum Gasteiger partial charge on any atom is -0.0979 e. The Balaban J connectivity index is 3.73. The van der Waals surface area contributed by atoms with Crippen LogP contribution in [-0.4, -0.2) is 5.75 Å². The lowest BCUT2D eigenvalue weighted by atomic mass is 11.0. The van der Waals surface area contributed by atoms with E-state index in [-0.39, 0.29) is 0 Å². The molecule has 0 saturated carbocycles. The molecule has 0 amide bonds. The highest BCUT2D eigenvalue weighted by Gasteiger charge is 2.25. The van der Waals surface area contributed by atoms with Gasteiger partial charge in [0.05, 0.1) is 0 Å². The Morgan fingerprint density at radius 1 is 1.25 bits per heavy atom. The Labute approximate surface area is 102 Å². The highest BCUT2D eigenvalue weighted by atomic mass is 127. The van der Waals surface area contributed by atoms with E-state index >= 15 is 0 Å². The largest absolute Gasteiger partial charge is 0.0979 e. The van der Waals surface area contributed by atoms with E-state index in [0.29, 0.717) is 0 Å². The van der Waals surface area contributed by atoms with Gasteiger partial charge >= 0.3 is 0 Å². The van der Waals surface area contributed by atoms with Crippen molar-refractivity contribution in [3.8, 4) is 0 Å². The minimum atomic E-state index is -1.31. The van der Waals surface area contributed by atoms with Gasteiger partial charge in [-0.1, -0.05) is 14.6 Å². The summed E-state index contributed by atoms with van der Waals surface area (Å²) in [7, 11) is 2.07. The van der Waals surface area contributed by atoms with Crippen LogP contribution in [0, 0.1) is 0 Å². The molecule has 0 rings (SSSR count). The van der Waals surface area contributed by atoms with Gasteiger partial charge in [0.15, 0.2) is 0 Å². The van der Waals surface area contributed by atoms with Crippen molar-refractivity contribution >= 4 is 92.5 Å². The summed E-state index contributed by atoms with van der Waals surface area (Å²) in [5, 5.41) is 0. The zero-order valence-corrected chi connectivity index (χ0v) is 14.4. The van der Waals surface area contributed by atoms with Crippen LogP contribution in [0.25, 0.3) is 0 Å². The predicted octanol–water partition coefficient (Wildman–Crippen LogP) is 5.13. The second kappa shape index (κ2) is 4.03. The third kappa shape index (κ3) is 9.62. The van der Waals surface area contributed by atoms with E-state index in [1.807, 2.05) is 0 Å². The maximum absolute atomic E-state index is 2.56. The van der Waals surface area contributed by atoms with E-state index < -0.39 is -3.12 Å². The molecule has 6 heteroatoms. The van der Waals surface area contributed by atoms with E-state index in [2.05, 4.69) is 103 Å². The lowest BCUT2D eigenvalue weighted by molar-refractivity contribution is 1.54. The van der Waals surface area contributed by atoms with Gasteiger partial charge in [0.2, 0.25) is 0 Å². The van der Waals surface area contributed by atoms with E-state index in [0.717, 1.165) is 0 Å². The van der Waals surface area contributed by atoms with Crippen molar-refractivity contribution in [2.45, 2.75) is 6.92 Å². The van der Waals surface area contributed by atoms with Gasteiger partial charge in [-0.25, -0.2) is 0 Å². The third-order valence-corrected chi connectivity index (χ3v) is 12.9. The third-order valence-electron chi connectivity index (χ3n) is 0.324. The molecule has 0 N–H and O–H groups in total. The van der Waals surface area contributed by atoms with Crippen LogP contribution in [-0.2, 0) is 0 Å². The zero-order valence-electron chi connectivity index (χ0n) is 4.07. The summed E-state index contributed by atoms with van der Waals surface area (Å²) in [6.07, 6.45) is 0. The smallest absolute Gasteiger partial charge is 0.000412 e. The fourth-order valence-electron chi connectivity index (χ4n) is 0.195. The van der Waals surface area contributed by atoms with Crippen molar-refractivity contribution in [3.05, 3.63) is 0 Å². The Hall–Kier alpha value is 3.62. The average Bonchev–Trinajstić information content (AvgIpc) is 1.25. The molecule has 0 radical (unpaired) electrons. The van der Waals surface area contributed by atoms with Gasteiger partial charge in [0.25, 0.3) is 0 Å². The topological polar surface area (TPSA) is 0 Å². The Morgan fingerprint density at radius 2 is 1.62 bits per heavy atom. The molecule has 0 nitrogen and oxygen atoms in total. The van der Waals surface area contributed by atoms with Crippen molar-refractivity contribution in [2.75, 3.05) is 5.75 Å². The van der Waals surface area contributed by atoms with Crippen molar-refractivity contribution in [1.29, 1.82) is 0 Å². The monoisotopic (exact) mass is 602 g/mol. The molecule has 0 aromatic carbocycles. The van der Waals surface area contributed by atoms with Crippen LogP contribution >= 0.6 is 92.5 Å². The number of thiol groups is 1. The van der Waals surface area contributed by atoms with Crippen LogP contribution in [0.1, 0.15) is 6.92 Å². The molecule has 0 bridgehead atoms. The van der Waals surface area contributed by atoms with E-state index in [9.17, 15) is 0 Å². The first-order chi connectivity index (χ1) is 3.31. The second-order valence-electron chi connectivity index (χ2n) is 1.08. The van der Waals surface area contributed by atoms with Gasteiger partial charge in [-0.3, -0.25) is 0 Å². The molecule has 0 atom stereocenters. The van der Waals surface area contributed by atoms with Crippen LogP contribution in [0.15, 0.2) is 0 Å². The quantitative estimate of drug-likeness (QED) is 0.260. The maximum Gasteiger partial charge on any atom is 0.000412 e. The first-order valence-electron chi connectivity index (χ1n) is 1.85. The van der Waals surface area contributed by atoms with Crippen molar-refractivity contribution in [1.82, 2.24) is 0 Å². The number of hydrogen-bond acceptors (Lipinski definition) is 1. The standard InChI is InChI=1S/C2H6I4S2/c1-2-7-8(3,4,5)6/h8H,2H2,1H3. The number of hydrogen-bond donors (Lipinski definition) is 1. The molecule has 0 aliphatic rings. The van der Waals surface area contributed by atoms with Gasteiger partial charge in [0.1, 0.15) is 0 Å². The fourth-order valence-corrected chi connectivity index (χ4v) is 11.8. The molecular formula is C2H6I4S2. The molecule has 0 unspecified atom stereocenters. The van der Waals surface area contributed by atoms with Gasteiger partial charge in [-0.15, -0.1) is 0 Å². The molecule has 0 aliphatic carbocycles. The highest BCUT2D eigenvalue weighted by molar-refractivity contribution is 14.6. The first kappa shape index (κ1) is 11.6. The van der Waals surface area contributed by atoms with E-state index in [1.165, 1.54) is 5.75 Å². The molecule has 54 valence electrons. The average molecular weight is 602 g/mol. The zero-order chi connectivity index (χ0) is 6.86. The molecule has 0 aromatic heterocycles. The molecule has 0 spiro atoms. The number of rotatable bonds is 2. The molecular weight excluding hydrogens is 596 g/mol. The van der Waals surface area contributed by atoms with Crippen LogP contribution in [0.5, 0.6) is 0 Å². The van der Waals surface area contributed by atoms with Crippen molar-refractivity contribution in [3.63, 3.8) is 0 Å². The normalized spacial score (nSPS) is 17.4. The van der Waals surface area contributed by atoms with Crippen LogP contribution < -0.4 is 0 Å². The number of halogens is 4. The lowest BCUT2D eigenvalue weighted by Crippen LogP contribution is -1.69. The fraction of sp³-hybridized carbons (Fsp3) is 1.00. The van der Waals surface area contributed by atoms with Gasteiger partial charge in [-0.05, 0) is 84.8 Å². The summed E-state index contributed by atoms with van der Waals surface area (Å²) in [4.78, 5) is 0. The molecule has 0 saturated heterocycles. The molecule has 0 fully saturated rings. The highest BCUT2D eigenvalue weighted by Crippen LogP contribution is 3.02. The summed E-state index contributed by atoms with van der Waals surface area (Å²) >= 11 is 10.3. The van der Waals surface area contributed by atoms with Gasteiger partial charge in [-0.2, -0.15) is 0 Å². The van der Waals surface area contributed by atoms with Crippen LogP contribution in [0.2, 0.25) is 0 Å². The summed E-state index contributed by atoms with van der Waals surface area (Å²) in [5.74, 6) is 1.23. The molecule has 0 aromatic rings. The summed E-state index contributed by atoms with van der Waals surface area (Å²) in [6.45, 7) is 2.21. The second-order valence-corrected chi connectivity index (χ2v) is 70.4. The summed E-state index contributed by atoms with van der Waals surface area (Å²) < 4.78 is -1.31. The van der Waals surface area contributed by atoms with Gasteiger partial charge < -0.3 is 0 Å². The first-order valence-corrected chi connectivity index (χ1v) is 16.8. The van der Waals surface area contributed by atoms with Crippen molar-refractivity contribution < 1.29 is 0 Å². The van der Waals surface area contributed by atoms with E-state index in [1.54, 1.807) is 0 Å². The molecule has 0 heterocycles. The Morgan fingerprint density at radius 3 is 1.62 bits per heavy atom. The van der Waals surface area contributed by atoms with Gasteiger partial charge in [0, 0.05) is 5.75 Å². The van der Waals surface area contributed by atoms with Crippen LogP contribution in [0.4, 0.5) is 0 Å². The Kier molecular flexibility index (Phi) is 5.85. The minimum absolute atomic E-state index is 1.23. The van der Waals surface area contributed by atoms with Crippen LogP contribution in [0.3, 0.4) is 0 Å². The lowest BCUT2D eigenvalue weighted by Gasteiger charge is -2.36. The summed E-state index contributed by atoms with van der Waals surface area (Å²) in [6, 6.07) is 0. The predicted molar refractivity (Wildman–Crippen MR) is 83.2 cm³/mol. The summed E-state index contributed by atoms with van der Waals surface area (Å²) in [5.41, 5.74) is 0. The molecule has 0 aliphatic heterocycles. The maximum atomic E-state index is 2.56. The Bertz CT molecular complexity index is 74.5.